The second kappa shape index (κ2) is 4.40. The highest BCUT2D eigenvalue weighted by molar-refractivity contribution is 5.30. The summed E-state index contributed by atoms with van der Waals surface area (Å²) < 4.78 is 50.4. The van der Waals surface area contributed by atoms with Crippen LogP contribution in [0, 0.1) is 5.82 Å². The van der Waals surface area contributed by atoms with Gasteiger partial charge in [0, 0.05) is 4.91 Å². The minimum absolute atomic E-state index is 0.271. The first-order valence-electron chi connectivity index (χ1n) is 4.27. The van der Waals surface area contributed by atoms with Crippen molar-refractivity contribution in [1.29, 1.82) is 0 Å². The molecule has 0 aliphatic heterocycles. The number of nitrogens with zero attached hydrogens (tertiary/aromatic N) is 3. The summed E-state index contributed by atoms with van der Waals surface area (Å²) >= 11 is 0. The van der Waals surface area contributed by atoms with Gasteiger partial charge in [0.2, 0.25) is 0 Å². The summed E-state index contributed by atoms with van der Waals surface area (Å²) in [5.41, 5.74) is 6.50. The molecule has 0 aliphatic carbocycles. The molecule has 7 heteroatoms. The fraction of sp³-hybridized carbons (Fsp3) is 0.333. The van der Waals surface area contributed by atoms with Crippen LogP contribution in [0.1, 0.15) is 24.1 Å². The summed E-state index contributed by atoms with van der Waals surface area (Å²) in [5, 5.41) is 3.15. The van der Waals surface area contributed by atoms with E-state index in [0.717, 1.165) is 12.1 Å². The first kappa shape index (κ1) is 12.3. The Bertz CT molecular complexity index is 435. The fourth-order valence-corrected chi connectivity index (χ4v) is 1.23. The maximum atomic E-state index is 13.4. The van der Waals surface area contributed by atoms with Gasteiger partial charge in [-0.2, -0.15) is 13.2 Å². The first-order chi connectivity index (χ1) is 7.38. The number of halogens is 4. The Kier molecular flexibility index (Phi) is 3.39. The van der Waals surface area contributed by atoms with Crippen LogP contribution in [0.5, 0.6) is 0 Å². The lowest BCUT2D eigenvalue weighted by Gasteiger charge is -2.12. The monoisotopic (exact) mass is 233 g/mol. The van der Waals surface area contributed by atoms with Crippen LogP contribution in [0.2, 0.25) is 0 Å². The third-order valence-corrected chi connectivity index (χ3v) is 2.01. The smallest absolute Gasteiger partial charge is 0.206 e. The molecule has 0 heterocycles. The number of hydrogen-bond acceptors (Lipinski definition) is 1. The van der Waals surface area contributed by atoms with Crippen LogP contribution in [0.15, 0.2) is 23.3 Å². The van der Waals surface area contributed by atoms with E-state index in [-0.39, 0.29) is 5.56 Å². The Balaban J connectivity index is 3.29. The number of alkyl halides is 3. The normalized spacial score (nSPS) is 13.1. The highest BCUT2D eigenvalue weighted by Crippen LogP contribution is 2.34. The Morgan fingerprint density at radius 3 is 2.50 bits per heavy atom. The summed E-state index contributed by atoms with van der Waals surface area (Å²) in [6, 6.07) is 1.89. The standard InChI is InChI=1S/C9H7F4N3/c1-5(15-16-14)6-3-2-4-7(8(6)10)9(11,12)13/h2-5H,1H3/t5-/m1/s1. The fourth-order valence-electron chi connectivity index (χ4n) is 1.23. The Labute approximate surface area is 88.3 Å². The quantitative estimate of drug-likeness (QED) is 0.318. The number of rotatable bonds is 2. The van der Waals surface area contributed by atoms with Crippen LogP contribution >= 0.6 is 0 Å². The number of hydrogen-bond donors (Lipinski definition) is 0. The van der Waals surface area contributed by atoms with Gasteiger partial charge >= 0.3 is 6.18 Å². The predicted octanol–water partition coefficient (Wildman–Crippen LogP) is 4.22. The maximum Gasteiger partial charge on any atom is 0.419 e. The molecule has 16 heavy (non-hydrogen) atoms. The van der Waals surface area contributed by atoms with Gasteiger partial charge in [0.25, 0.3) is 0 Å². The van der Waals surface area contributed by atoms with Crippen molar-refractivity contribution in [3.05, 3.63) is 45.6 Å². The largest absolute Gasteiger partial charge is 0.419 e. The molecule has 1 aromatic rings. The van der Waals surface area contributed by atoms with Crippen LogP contribution in [-0.2, 0) is 6.18 Å². The Hall–Kier alpha value is -1.75. The van der Waals surface area contributed by atoms with Crippen LogP contribution in [0.4, 0.5) is 17.6 Å². The lowest BCUT2D eigenvalue weighted by atomic mass is 10.0. The average molecular weight is 233 g/mol. The second-order valence-corrected chi connectivity index (χ2v) is 3.09. The molecule has 0 saturated carbocycles. The van der Waals surface area contributed by atoms with E-state index in [9.17, 15) is 17.6 Å². The van der Waals surface area contributed by atoms with Crippen LogP contribution in [0.3, 0.4) is 0 Å². The van der Waals surface area contributed by atoms with Crippen molar-refractivity contribution in [2.24, 2.45) is 5.11 Å². The molecular formula is C9H7F4N3. The molecule has 0 aromatic heterocycles. The van der Waals surface area contributed by atoms with Crippen molar-refractivity contribution in [2.75, 3.05) is 0 Å². The van der Waals surface area contributed by atoms with E-state index in [4.69, 9.17) is 5.53 Å². The van der Waals surface area contributed by atoms with Gasteiger partial charge in [0.15, 0.2) is 0 Å². The van der Waals surface area contributed by atoms with Crippen LogP contribution in [-0.4, -0.2) is 0 Å². The summed E-state index contributed by atoms with van der Waals surface area (Å²) in [4.78, 5) is 2.42. The SMILES string of the molecule is C[C@@H](N=[N+]=[N-])c1cccc(C(F)(F)F)c1F. The summed E-state index contributed by atoms with van der Waals surface area (Å²) in [6.07, 6.45) is -4.75. The van der Waals surface area contributed by atoms with Crippen molar-refractivity contribution in [3.63, 3.8) is 0 Å². The Morgan fingerprint density at radius 2 is 2.00 bits per heavy atom. The molecule has 0 amide bonds. The molecule has 0 fully saturated rings. The highest BCUT2D eigenvalue weighted by Gasteiger charge is 2.35. The third kappa shape index (κ3) is 2.43. The van der Waals surface area contributed by atoms with Gasteiger partial charge in [0.05, 0.1) is 11.6 Å². The first-order valence-corrected chi connectivity index (χ1v) is 4.27. The highest BCUT2D eigenvalue weighted by atomic mass is 19.4. The summed E-state index contributed by atoms with van der Waals surface area (Å²) in [6.45, 7) is 1.32. The van der Waals surface area contributed by atoms with E-state index < -0.39 is 23.6 Å². The third-order valence-electron chi connectivity index (χ3n) is 2.01. The molecule has 1 rings (SSSR count). The van der Waals surface area contributed by atoms with Gasteiger partial charge in [-0.15, -0.1) is 0 Å². The molecule has 0 radical (unpaired) electrons. The van der Waals surface area contributed by atoms with E-state index in [1.54, 1.807) is 0 Å². The van der Waals surface area contributed by atoms with Gasteiger partial charge in [-0.05, 0) is 17.2 Å². The molecule has 0 spiro atoms. The zero-order valence-corrected chi connectivity index (χ0v) is 8.16. The van der Waals surface area contributed by atoms with Crippen molar-refractivity contribution in [2.45, 2.75) is 19.1 Å². The lowest BCUT2D eigenvalue weighted by molar-refractivity contribution is -0.140. The predicted molar refractivity (Wildman–Crippen MR) is 49.0 cm³/mol. The van der Waals surface area contributed by atoms with Gasteiger partial charge in [0.1, 0.15) is 5.82 Å². The molecular weight excluding hydrogens is 226 g/mol. The van der Waals surface area contributed by atoms with Gasteiger partial charge in [-0.1, -0.05) is 24.2 Å². The van der Waals surface area contributed by atoms with E-state index in [1.165, 1.54) is 6.92 Å². The molecule has 0 bridgehead atoms. The molecule has 3 nitrogen and oxygen atoms in total. The van der Waals surface area contributed by atoms with Crippen molar-refractivity contribution in [1.82, 2.24) is 0 Å². The van der Waals surface area contributed by atoms with Crippen molar-refractivity contribution in [3.8, 4) is 0 Å². The molecule has 0 N–H and O–H groups in total. The van der Waals surface area contributed by atoms with E-state index in [2.05, 4.69) is 10.0 Å². The molecule has 0 unspecified atom stereocenters. The lowest BCUT2D eigenvalue weighted by Crippen LogP contribution is -2.10. The Morgan fingerprint density at radius 1 is 1.38 bits per heavy atom. The van der Waals surface area contributed by atoms with E-state index >= 15 is 0 Å². The zero-order valence-electron chi connectivity index (χ0n) is 8.16. The summed E-state index contributed by atoms with van der Waals surface area (Å²) in [7, 11) is 0. The molecule has 86 valence electrons. The van der Waals surface area contributed by atoms with Gasteiger partial charge < -0.3 is 0 Å². The van der Waals surface area contributed by atoms with E-state index in [0.29, 0.717) is 6.07 Å². The molecule has 0 aliphatic rings. The second-order valence-electron chi connectivity index (χ2n) is 3.09. The minimum Gasteiger partial charge on any atom is -0.206 e. The van der Waals surface area contributed by atoms with Gasteiger partial charge in [-0.25, -0.2) is 4.39 Å². The van der Waals surface area contributed by atoms with E-state index in [1.807, 2.05) is 0 Å². The van der Waals surface area contributed by atoms with Crippen LogP contribution < -0.4 is 0 Å². The minimum atomic E-state index is -4.75. The topological polar surface area (TPSA) is 48.8 Å². The average Bonchev–Trinajstić information content (AvgIpc) is 2.16. The number of benzene rings is 1. The maximum absolute atomic E-state index is 13.4. The van der Waals surface area contributed by atoms with Crippen molar-refractivity contribution < 1.29 is 17.6 Å². The molecule has 0 saturated heterocycles. The van der Waals surface area contributed by atoms with Crippen LogP contribution in [0.25, 0.3) is 10.4 Å². The zero-order chi connectivity index (χ0) is 12.3. The van der Waals surface area contributed by atoms with Crippen molar-refractivity contribution >= 4 is 0 Å². The molecule has 1 aromatic carbocycles. The molecule has 1 atom stereocenters. The van der Waals surface area contributed by atoms with Gasteiger partial charge in [-0.3, -0.25) is 0 Å². The summed E-state index contributed by atoms with van der Waals surface area (Å²) in [5.74, 6) is -1.39. The number of azide groups is 1.